The Labute approximate surface area is 140 Å². The fourth-order valence-corrected chi connectivity index (χ4v) is 2.75. The van der Waals surface area contributed by atoms with Gasteiger partial charge in [-0.25, -0.2) is 4.98 Å². The Kier molecular flexibility index (Phi) is 4.96. The number of hydrogen-bond donors (Lipinski definition) is 1. The fourth-order valence-electron chi connectivity index (χ4n) is 2.58. The number of morpholine rings is 1. The molecule has 2 heterocycles. The molecule has 3 rings (SSSR count). The van der Waals surface area contributed by atoms with Crippen molar-refractivity contribution in [2.24, 2.45) is 0 Å². The summed E-state index contributed by atoms with van der Waals surface area (Å²) < 4.78 is 5.40. The van der Waals surface area contributed by atoms with Gasteiger partial charge in [-0.15, -0.1) is 0 Å². The standard InChI is InChI=1S/C17H17ClN4O/c18-15-3-4-16(14(10-15)11-19)21-12-13-2-1-5-20-17(13)22-6-8-23-9-7-22/h1-5,10,21H,6-9,12H2. The fraction of sp³-hybridized carbons (Fsp3) is 0.294. The van der Waals surface area contributed by atoms with Gasteiger partial charge in [-0.2, -0.15) is 5.26 Å². The Morgan fingerprint density at radius 2 is 2.13 bits per heavy atom. The summed E-state index contributed by atoms with van der Waals surface area (Å²) in [6.07, 6.45) is 1.80. The van der Waals surface area contributed by atoms with Gasteiger partial charge in [-0.05, 0) is 24.3 Å². The number of rotatable bonds is 4. The maximum atomic E-state index is 9.22. The molecule has 5 nitrogen and oxygen atoms in total. The van der Waals surface area contributed by atoms with Crippen LogP contribution in [-0.4, -0.2) is 31.3 Å². The van der Waals surface area contributed by atoms with Gasteiger partial charge in [0.1, 0.15) is 11.9 Å². The first-order valence-electron chi connectivity index (χ1n) is 7.48. The molecule has 2 aromatic rings. The third kappa shape index (κ3) is 3.73. The first-order chi connectivity index (χ1) is 11.3. The van der Waals surface area contributed by atoms with E-state index in [-0.39, 0.29) is 0 Å². The molecule has 6 heteroatoms. The monoisotopic (exact) mass is 328 g/mol. The van der Waals surface area contributed by atoms with Crippen LogP contribution in [0.2, 0.25) is 5.02 Å². The minimum Gasteiger partial charge on any atom is -0.380 e. The highest BCUT2D eigenvalue weighted by Crippen LogP contribution is 2.23. The lowest BCUT2D eigenvalue weighted by molar-refractivity contribution is 0.122. The molecule has 0 unspecified atom stereocenters. The SMILES string of the molecule is N#Cc1cc(Cl)ccc1NCc1cccnc1N1CCOCC1. The van der Waals surface area contributed by atoms with Gasteiger partial charge in [0.05, 0.1) is 24.5 Å². The number of nitrogens with zero attached hydrogens (tertiary/aromatic N) is 3. The summed E-state index contributed by atoms with van der Waals surface area (Å²) in [7, 11) is 0. The third-order valence-corrected chi connectivity index (χ3v) is 3.98. The van der Waals surface area contributed by atoms with Crippen LogP contribution >= 0.6 is 11.6 Å². The normalized spacial score (nSPS) is 14.3. The zero-order valence-corrected chi connectivity index (χ0v) is 13.4. The molecule has 0 saturated carbocycles. The molecule has 0 aliphatic carbocycles. The Morgan fingerprint density at radius 1 is 1.30 bits per heavy atom. The van der Waals surface area contributed by atoms with E-state index in [0.717, 1.165) is 43.4 Å². The van der Waals surface area contributed by atoms with Gasteiger partial charge in [0.15, 0.2) is 0 Å². The second-order valence-electron chi connectivity index (χ2n) is 5.24. The van der Waals surface area contributed by atoms with Crippen molar-refractivity contribution in [3.05, 3.63) is 52.7 Å². The van der Waals surface area contributed by atoms with E-state index in [1.165, 1.54) is 0 Å². The van der Waals surface area contributed by atoms with Crippen molar-refractivity contribution in [2.45, 2.75) is 6.54 Å². The zero-order chi connectivity index (χ0) is 16.1. The molecule has 1 saturated heterocycles. The van der Waals surface area contributed by atoms with Crippen LogP contribution in [0.5, 0.6) is 0 Å². The summed E-state index contributed by atoms with van der Waals surface area (Å²) in [5.74, 6) is 0.968. The minimum absolute atomic E-state index is 0.536. The van der Waals surface area contributed by atoms with E-state index in [9.17, 15) is 5.26 Å². The van der Waals surface area contributed by atoms with Crippen LogP contribution in [0, 0.1) is 11.3 Å². The number of halogens is 1. The lowest BCUT2D eigenvalue weighted by Crippen LogP contribution is -2.37. The highest BCUT2D eigenvalue weighted by molar-refractivity contribution is 6.30. The molecule has 1 N–H and O–H groups in total. The molecule has 0 amide bonds. The second-order valence-corrected chi connectivity index (χ2v) is 5.68. The number of anilines is 2. The predicted octanol–water partition coefficient (Wildman–Crippen LogP) is 3.06. The molecule has 0 atom stereocenters. The maximum Gasteiger partial charge on any atom is 0.133 e. The highest BCUT2D eigenvalue weighted by atomic mass is 35.5. The number of ether oxygens (including phenoxy) is 1. The van der Waals surface area contributed by atoms with E-state index in [1.54, 1.807) is 18.3 Å². The number of nitriles is 1. The molecule has 1 aliphatic heterocycles. The van der Waals surface area contributed by atoms with Gasteiger partial charge < -0.3 is 15.0 Å². The van der Waals surface area contributed by atoms with E-state index in [1.807, 2.05) is 18.2 Å². The van der Waals surface area contributed by atoms with Gasteiger partial charge in [0.2, 0.25) is 0 Å². The van der Waals surface area contributed by atoms with Crippen molar-refractivity contribution in [2.75, 3.05) is 36.5 Å². The lowest BCUT2D eigenvalue weighted by atomic mass is 10.1. The zero-order valence-electron chi connectivity index (χ0n) is 12.6. The largest absolute Gasteiger partial charge is 0.380 e. The average molecular weight is 329 g/mol. The molecule has 1 aliphatic rings. The summed E-state index contributed by atoms with van der Waals surface area (Å²) in [5, 5.41) is 13.1. The quantitative estimate of drug-likeness (QED) is 0.934. The molecular formula is C17H17ClN4O. The van der Waals surface area contributed by atoms with Crippen molar-refractivity contribution in [1.82, 2.24) is 4.98 Å². The summed E-state index contributed by atoms with van der Waals surface area (Å²) in [5.41, 5.74) is 2.40. The Bertz CT molecular complexity index is 723. The van der Waals surface area contributed by atoms with E-state index < -0.39 is 0 Å². The first-order valence-corrected chi connectivity index (χ1v) is 7.86. The van der Waals surface area contributed by atoms with Gasteiger partial charge in [-0.1, -0.05) is 17.7 Å². The number of pyridine rings is 1. The van der Waals surface area contributed by atoms with Crippen LogP contribution in [0.25, 0.3) is 0 Å². The summed E-state index contributed by atoms with van der Waals surface area (Å²) in [6, 6.07) is 11.4. The third-order valence-electron chi connectivity index (χ3n) is 3.75. The first kappa shape index (κ1) is 15.6. The van der Waals surface area contributed by atoms with Crippen LogP contribution < -0.4 is 10.2 Å². The van der Waals surface area contributed by atoms with Crippen LogP contribution in [-0.2, 0) is 11.3 Å². The number of hydrogen-bond acceptors (Lipinski definition) is 5. The Balaban J connectivity index is 1.77. The van der Waals surface area contributed by atoms with Gasteiger partial charge >= 0.3 is 0 Å². The second kappa shape index (κ2) is 7.32. The van der Waals surface area contributed by atoms with Crippen LogP contribution in [0.4, 0.5) is 11.5 Å². The Hall–Kier alpha value is -2.29. The van der Waals surface area contributed by atoms with Crippen molar-refractivity contribution < 1.29 is 4.74 Å². The molecule has 0 radical (unpaired) electrons. The minimum atomic E-state index is 0.536. The molecule has 1 aromatic carbocycles. The molecule has 118 valence electrons. The average Bonchev–Trinajstić information content (AvgIpc) is 2.61. The molecular weight excluding hydrogens is 312 g/mol. The van der Waals surface area contributed by atoms with E-state index in [4.69, 9.17) is 16.3 Å². The smallest absolute Gasteiger partial charge is 0.133 e. The van der Waals surface area contributed by atoms with Crippen molar-refractivity contribution in [1.29, 1.82) is 5.26 Å². The molecule has 1 aromatic heterocycles. The molecule has 0 bridgehead atoms. The Morgan fingerprint density at radius 3 is 2.91 bits per heavy atom. The maximum absolute atomic E-state index is 9.22. The van der Waals surface area contributed by atoms with Crippen LogP contribution in [0.15, 0.2) is 36.5 Å². The number of aromatic nitrogens is 1. The highest BCUT2D eigenvalue weighted by Gasteiger charge is 2.15. The van der Waals surface area contributed by atoms with Crippen molar-refractivity contribution in [3.63, 3.8) is 0 Å². The summed E-state index contributed by atoms with van der Waals surface area (Å²) >= 11 is 5.93. The van der Waals surface area contributed by atoms with Gasteiger partial charge in [-0.3, -0.25) is 0 Å². The van der Waals surface area contributed by atoms with Crippen molar-refractivity contribution >= 4 is 23.1 Å². The van der Waals surface area contributed by atoms with Crippen LogP contribution in [0.3, 0.4) is 0 Å². The topological polar surface area (TPSA) is 61.2 Å². The van der Waals surface area contributed by atoms with E-state index in [0.29, 0.717) is 17.1 Å². The number of benzene rings is 1. The van der Waals surface area contributed by atoms with Gasteiger partial charge in [0, 0.05) is 36.4 Å². The summed E-state index contributed by atoms with van der Waals surface area (Å²) in [4.78, 5) is 6.75. The molecule has 1 fully saturated rings. The lowest BCUT2D eigenvalue weighted by Gasteiger charge is -2.29. The van der Waals surface area contributed by atoms with Gasteiger partial charge in [0.25, 0.3) is 0 Å². The molecule has 23 heavy (non-hydrogen) atoms. The predicted molar refractivity (Wildman–Crippen MR) is 90.8 cm³/mol. The number of nitrogens with one attached hydrogen (secondary N) is 1. The van der Waals surface area contributed by atoms with E-state index in [2.05, 4.69) is 21.3 Å². The molecule has 0 spiro atoms. The van der Waals surface area contributed by atoms with Crippen molar-refractivity contribution in [3.8, 4) is 6.07 Å². The van der Waals surface area contributed by atoms with Crippen LogP contribution in [0.1, 0.15) is 11.1 Å². The van der Waals surface area contributed by atoms with E-state index >= 15 is 0 Å². The summed E-state index contributed by atoms with van der Waals surface area (Å²) in [6.45, 7) is 3.72.